The molecule has 0 saturated carbocycles. The van der Waals surface area contributed by atoms with Crippen molar-refractivity contribution in [3.05, 3.63) is 49.9 Å². The van der Waals surface area contributed by atoms with Crippen LogP contribution < -0.4 is 0 Å². The summed E-state index contributed by atoms with van der Waals surface area (Å²) in [6, 6.07) is 7.17. The Bertz CT molecular complexity index is 900. The molecule has 26 heavy (non-hydrogen) atoms. The number of aryl methyl sites for hydroxylation is 1. The molecule has 2 aromatic rings. The lowest BCUT2D eigenvalue weighted by Crippen LogP contribution is -1.99. The van der Waals surface area contributed by atoms with Crippen molar-refractivity contribution in [1.82, 2.24) is 0 Å². The second-order valence-electron chi connectivity index (χ2n) is 5.82. The third-order valence-electron chi connectivity index (χ3n) is 4.12. The van der Waals surface area contributed by atoms with Crippen LogP contribution >= 0.6 is 23.1 Å². The van der Waals surface area contributed by atoms with E-state index in [1.807, 2.05) is 0 Å². The van der Waals surface area contributed by atoms with Crippen LogP contribution in [0.1, 0.15) is 34.4 Å². The summed E-state index contributed by atoms with van der Waals surface area (Å²) in [5, 5.41) is 30.3. The predicted molar refractivity (Wildman–Crippen MR) is 104 cm³/mol. The van der Waals surface area contributed by atoms with Crippen LogP contribution in [0.4, 0.5) is 10.7 Å². The second kappa shape index (κ2) is 8.45. The zero-order valence-electron chi connectivity index (χ0n) is 14.0. The van der Waals surface area contributed by atoms with Gasteiger partial charge in [-0.25, -0.2) is 4.99 Å². The summed E-state index contributed by atoms with van der Waals surface area (Å²) >= 11 is 2.79. The Labute approximate surface area is 159 Å². The summed E-state index contributed by atoms with van der Waals surface area (Å²) in [5.74, 6) is 0.403. The fraction of sp³-hybridized carbons (Fsp3) is 0.333. The van der Waals surface area contributed by atoms with Gasteiger partial charge in [0, 0.05) is 22.9 Å². The van der Waals surface area contributed by atoms with Crippen molar-refractivity contribution < 1.29 is 10.0 Å². The van der Waals surface area contributed by atoms with Gasteiger partial charge in [0.15, 0.2) is 0 Å². The molecule has 6 nitrogen and oxygen atoms in total. The summed E-state index contributed by atoms with van der Waals surface area (Å²) in [6.07, 6.45) is 5.73. The summed E-state index contributed by atoms with van der Waals surface area (Å²) in [4.78, 5) is 17.1. The number of aliphatic imine (C=N–C) groups is 1. The van der Waals surface area contributed by atoms with Crippen molar-refractivity contribution in [3.63, 3.8) is 0 Å². The van der Waals surface area contributed by atoms with Crippen molar-refractivity contribution in [2.45, 2.75) is 30.6 Å². The number of thioether (sulfide) groups is 1. The van der Waals surface area contributed by atoms with E-state index in [1.165, 1.54) is 22.7 Å². The molecule has 1 aromatic heterocycles. The topological polar surface area (TPSA) is 99.5 Å². The van der Waals surface area contributed by atoms with E-state index in [-0.39, 0.29) is 12.3 Å². The molecular weight excluding hydrogens is 370 g/mol. The number of aliphatic hydroxyl groups is 1. The quantitative estimate of drug-likeness (QED) is 0.346. The standard InChI is InChI=1S/C18H17N3O3S2/c19-10-14-13-3-1-2-4-16(13)26-18(14)20-11-12-5-6-17(25-8-7-22)15(9-12)21(23)24/h5-6,9,11,22H,1-4,7-8H2. The summed E-state index contributed by atoms with van der Waals surface area (Å²) in [6.45, 7) is -0.0367. The molecule has 1 N–H and O–H groups in total. The highest BCUT2D eigenvalue weighted by Crippen LogP contribution is 2.39. The van der Waals surface area contributed by atoms with E-state index in [0.29, 0.717) is 26.8 Å². The molecule has 134 valence electrons. The van der Waals surface area contributed by atoms with Crippen LogP contribution in [0.2, 0.25) is 0 Å². The Balaban J connectivity index is 1.89. The lowest BCUT2D eigenvalue weighted by atomic mass is 9.96. The molecular formula is C18H17N3O3S2. The van der Waals surface area contributed by atoms with Crippen LogP contribution in [0, 0.1) is 21.4 Å². The number of hydrogen-bond donors (Lipinski definition) is 1. The molecule has 0 bridgehead atoms. The molecule has 0 aliphatic heterocycles. The Morgan fingerprint density at radius 3 is 2.96 bits per heavy atom. The van der Waals surface area contributed by atoms with Gasteiger partial charge in [-0.1, -0.05) is 6.07 Å². The number of nitrogens with zero attached hydrogens (tertiary/aromatic N) is 3. The molecule has 0 radical (unpaired) electrons. The Kier molecular flexibility index (Phi) is 6.04. The molecule has 0 saturated heterocycles. The maximum absolute atomic E-state index is 11.3. The average molecular weight is 387 g/mol. The molecule has 0 fully saturated rings. The van der Waals surface area contributed by atoms with E-state index in [0.717, 1.165) is 31.2 Å². The van der Waals surface area contributed by atoms with Gasteiger partial charge in [0.2, 0.25) is 0 Å². The first-order valence-electron chi connectivity index (χ1n) is 8.25. The number of nitro benzene ring substituents is 1. The highest BCUT2D eigenvalue weighted by Gasteiger charge is 2.20. The minimum atomic E-state index is -0.429. The number of fused-ring (bicyclic) bond motifs is 1. The summed E-state index contributed by atoms with van der Waals surface area (Å²) in [5.41, 5.74) is 2.38. The number of hydrogen-bond acceptors (Lipinski definition) is 7. The fourth-order valence-electron chi connectivity index (χ4n) is 2.93. The van der Waals surface area contributed by atoms with Crippen molar-refractivity contribution in [3.8, 4) is 6.07 Å². The second-order valence-corrected chi connectivity index (χ2v) is 8.04. The van der Waals surface area contributed by atoms with E-state index in [2.05, 4.69) is 11.1 Å². The number of nitriles is 1. The predicted octanol–water partition coefficient (Wildman–Crippen LogP) is 4.24. The van der Waals surface area contributed by atoms with Crippen LogP contribution in [-0.2, 0) is 12.8 Å². The first-order chi connectivity index (χ1) is 12.6. The first-order valence-corrected chi connectivity index (χ1v) is 10.0. The molecule has 8 heteroatoms. The first kappa shape index (κ1) is 18.6. The van der Waals surface area contributed by atoms with Crippen LogP contribution in [0.15, 0.2) is 28.1 Å². The van der Waals surface area contributed by atoms with Gasteiger partial charge in [-0.2, -0.15) is 5.26 Å². The van der Waals surface area contributed by atoms with Gasteiger partial charge >= 0.3 is 0 Å². The highest BCUT2D eigenvalue weighted by molar-refractivity contribution is 7.99. The van der Waals surface area contributed by atoms with Crippen molar-refractivity contribution in [1.29, 1.82) is 5.26 Å². The van der Waals surface area contributed by atoms with Crippen molar-refractivity contribution in [2.24, 2.45) is 4.99 Å². The lowest BCUT2D eigenvalue weighted by molar-refractivity contribution is -0.387. The molecule has 1 aliphatic carbocycles. The van der Waals surface area contributed by atoms with E-state index in [9.17, 15) is 15.4 Å². The summed E-state index contributed by atoms with van der Waals surface area (Å²) in [7, 11) is 0. The molecule has 0 atom stereocenters. The summed E-state index contributed by atoms with van der Waals surface area (Å²) < 4.78 is 0. The monoisotopic (exact) mass is 387 g/mol. The number of aliphatic hydroxyl groups excluding tert-OH is 1. The maximum Gasteiger partial charge on any atom is 0.283 e. The van der Waals surface area contributed by atoms with E-state index >= 15 is 0 Å². The van der Waals surface area contributed by atoms with E-state index in [4.69, 9.17) is 5.11 Å². The normalized spacial score (nSPS) is 13.5. The van der Waals surface area contributed by atoms with Gasteiger partial charge < -0.3 is 5.11 Å². The minimum absolute atomic E-state index is 0.00150. The largest absolute Gasteiger partial charge is 0.396 e. The van der Waals surface area contributed by atoms with Gasteiger partial charge in [-0.3, -0.25) is 10.1 Å². The smallest absolute Gasteiger partial charge is 0.283 e. The molecule has 0 spiro atoms. The van der Waals surface area contributed by atoms with Gasteiger partial charge in [-0.05, 0) is 42.9 Å². The van der Waals surface area contributed by atoms with Gasteiger partial charge in [0.05, 0.1) is 22.0 Å². The Morgan fingerprint density at radius 2 is 2.23 bits per heavy atom. The van der Waals surface area contributed by atoms with Crippen molar-refractivity contribution >= 4 is 40.0 Å². The molecule has 0 unspecified atom stereocenters. The number of benzene rings is 1. The maximum atomic E-state index is 11.3. The molecule has 0 amide bonds. The van der Waals surface area contributed by atoms with Gasteiger partial charge in [-0.15, -0.1) is 23.1 Å². The zero-order chi connectivity index (χ0) is 18.5. The minimum Gasteiger partial charge on any atom is -0.396 e. The van der Waals surface area contributed by atoms with Crippen LogP contribution in [0.5, 0.6) is 0 Å². The average Bonchev–Trinajstić information content (AvgIpc) is 3.02. The van der Waals surface area contributed by atoms with E-state index < -0.39 is 4.92 Å². The molecule has 1 heterocycles. The van der Waals surface area contributed by atoms with Gasteiger partial charge in [0.1, 0.15) is 11.1 Å². The van der Waals surface area contributed by atoms with Crippen LogP contribution in [0.25, 0.3) is 0 Å². The zero-order valence-corrected chi connectivity index (χ0v) is 15.6. The molecule has 1 aromatic carbocycles. The van der Waals surface area contributed by atoms with E-state index in [1.54, 1.807) is 29.7 Å². The highest BCUT2D eigenvalue weighted by atomic mass is 32.2. The molecule has 1 aliphatic rings. The van der Waals surface area contributed by atoms with Crippen molar-refractivity contribution in [2.75, 3.05) is 12.4 Å². The van der Waals surface area contributed by atoms with Crippen LogP contribution in [-0.4, -0.2) is 28.6 Å². The third-order valence-corrected chi connectivity index (χ3v) is 6.37. The van der Waals surface area contributed by atoms with Gasteiger partial charge in [0.25, 0.3) is 5.69 Å². The Morgan fingerprint density at radius 1 is 1.42 bits per heavy atom. The SMILES string of the molecule is N#Cc1c(N=Cc2ccc(SCCO)c([N+](=O)[O-])c2)sc2c1CCCC2. The van der Waals surface area contributed by atoms with Crippen LogP contribution in [0.3, 0.4) is 0 Å². The Hall–Kier alpha value is -2.21. The lowest BCUT2D eigenvalue weighted by Gasteiger charge is -2.09. The number of thiophene rings is 1. The fourth-order valence-corrected chi connectivity index (χ4v) is 4.87. The molecule has 3 rings (SSSR count). The number of rotatable bonds is 6. The number of nitro groups is 1. The third kappa shape index (κ3) is 3.96.